The smallest absolute Gasteiger partial charge is 0.164 e. The van der Waals surface area contributed by atoms with Gasteiger partial charge in [-0.05, 0) is 165 Å². The van der Waals surface area contributed by atoms with Gasteiger partial charge in [-0.3, -0.25) is 0 Å². The van der Waals surface area contributed by atoms with E-state index in [2.05, 4.69) is 373 Å². The Balaban J connectivity index is 0.000000140. The van der Waals surface area contributed by atoms with E-state index in [-0.39, 0.29) is 0 Å². The number of fused-ring (bicyclic) bond motifs is 15. The number of hydrogen-bond acceptors (Lipinski definition) is 9. The number of rotatable bonds is 13. The molecule has 0 unspecified atom stereocenters. The summed E-state index contributed by atoms with van der Waals surface area (Å²) in [5.41, 5.74) is 24.3. The second-order valence-corrected chi connectivity index (χ2v) is 34.8. The van der Waals surface area contributed by atoms with Crippen molar-refractivity contribution in [3.63, 3.8) is 0 Å². The average Bonchev–Trinajstić information content (AvgIpc) is 1.58. The summed E-state index contributed by atoms with van der Waals surface area (Å²) in [5.74, 6) is 3.85. The topological polar surface area (TPSA) is 87.2 Å². The molecule has 11 heteroatoms. The fourth-order valence-corrected chi connectivity index (χ4v) is 21.6. The van der Waals surface area contributed by atoms with Crippen LogP contribution in [-0.2, 0) is 0 Å². The first kappa shape index (κ1) is 73.2. The molecule has 125 heavy (non-hydrogen) atoms. The van der Waals surface area contributed by atoms with Gasteiger partial charge in [0.15, 0.2) is 34.9 Å². The van der Waals surface area contributed by atoms with Gasteiger partial charge >= 0.3 is 0 Å². The van der Waals surface area contributed by atoms with Crippen molar-refractivity contribution in [2.75, 3.05) is 0 Å². The van der Waals surface area contributed by atoms with Crippen LogP contribution in [0.2, 0.25) is 0 Å². The summed E-state index contributed by atoms with van der Waals surface area (Å²) < 4.78 is 12.3. The number of para-hydroxylation sites is 2. The van der Waals surface area contributed by atoms with Crippen LogP contribution in [0.1, 0.15) is 0 Å². The molecule has 25 aromatic rings. The van der Waals surface area contributed by atoms with E-state index in [1.807, 2.05) is 94.7 Å². The molecule has 584 valence electrons. The van der Waals surface area contributed by atoms with Crippen LogP contribution in [0.4, 0.5) is 0 Å². The van der Waals surface area contributed by atoms with E-state index in [0.29, 0.717) is 34.9 Å². The van der Waals surface area contributed by atoms with Crippen molar-refractivity contribution in [2.24, 2.45) is 0 Å². The third-order valence-corrected chi connectivity index (χ3v) is 27.5. The number of aromatic nitrogens is 8. The van der Waals surface area contributed by atoms with Gasteiger partial charge in [0.1, 0.15) is 0 Å². The summed E-state index contributed by atoms with van der Waals surface area (Å²) in [4.78, 5) is 30.8. The second kappa shape index (κ2) is 30.7. The second-order valence-electron chi connectivity index (χ2n) is 31.6. The SMILES string of the molecule is c1ccc(-c2ccc(-c3nc(-c4ccccc4)nc(-c4cc(-c5ccc6c(c5)c5ccc(-c7ccccc7)cc5n6-c5ccccc5)c5c(c4)sc4ccccc45)n3)cc2)cc1.c1ccc(-c2nc(-c3ccccc3)nc(-c3cc(-c4ccc5c(c4)c4ccc(-c6ccc7c(c6)sc6ccccc67)cc4n5-c4ccccc4)c4c(c3)sc3ccccc34)n2)cc1. The van der Waals surface area contributed by atoms with Crippen LogP contribution < -0.4 is 0 Å². The molecule has 0 aliphatic carbocycles. The van der Waals surface area contributed by atoms with E-state index >= 15 is 0 Å². The Hall–Kier alpha value is -15.8. The lowest BCUT2D eigenvalue weighted by Gasteiger charge is -2.12. The van der Waals surface area contributed by atoms with E-state index in [4.69, 9.17) is 29.9 Å². The largest absolute Gasteiger partial charge is 0.309 e. The van der Waals surface area contributed by atoms with E-state index < -0.39 is 0 Å². The van der Waals surface area contributed by atoms with Gasteiger partial charge < -0.3 is 9.13 Å². The zero-order valence-corrected chi connectivity index (χ0v) is 69.7. The highest BCUT2D eigenvalue weighted by Gasteiger charge is 2.25. The minimum atomic E-state index is 0.636. The fourth-order valence-electron chi connectivity index (χ4n) is 18.1. The van der Waals surface area contributed by atoms with Gasteiger partial charge in [-0.2, -0.15) is 0 Å². The Morgan fingerprint density at radius 2 is 0.424 bits per heavy atom. The Morgan fingerprint density at radius 3 is 0.848 bits per heavy atom. The zero-order chi connectivity index (χ0) is 82.4. The molecule has 0 N–H and O–H groups in total. The maximum absolute atomic E-state index is 5.24. The molecule has 25 rings (SSSR count). The van der Waals surface area contributed by atoms with Gasteiger partial charge in [0.2, 0.25) is 0 Å². The molecule has 0 aliphatic rings. The van der Waals surface area contributed by atoms with E-state index in [1.54, 1.807) is 0 Å². The van der Waals surface area contributed by atoms with Crippen LogP contribution in [0.5, 0.6) is 0 Å². The number of benzene rings is 18. The molecule has 0 spiro atoms. The lowest BCUT2D eigenvalue weighted by molar-refractivity contribution is 1.07. The van der Waals surface area contributed by atoms with Gasteiger partial charge in [-0.1, -0.05) is 315 Å². The Labute approximate surface area is 731 Å². The standard InChI is InChI=1S/C57H34N4S2.C57H36N4S/c1-4-14-35(15-5-1)55-58-56(36-16-6-2-7-17-36)60-57(59-55)40-31-46(54-45-21-11-13-23-51(45)63-53(54)34-40)39-26-29-48-47(30-39)42-27-24-37(32-49(42)61(48)41-18-8-3-9-19-41)38-25-28-44-43-20-10-12-22-50(43)62-52(44)33-38;1-5-15-37(16-6-1)39-25-27-41(28-26-39)56-58-55(40-19-9-3-10-20-40)59-57(60-56)44-34-48(54-47-23-13-14-24-52(47)62-53(54)36-44)43-30-32-50-49(33-43)46-31-29-42(38-17-7-2-8-18-38)35-51(46)61(50)45-21-11-4-12-22-45/h1-34H;1-36H. The summed E-state index contributed by atoms with van der Waals surface area (Å²) in [6, 6.07) is 152. The molecule has 0 saturated heterocycles. The van der Waals surface area contributed by atoms with Crippen LogP contribution in [-0.4, -0.2) is 39.0 Å². The van der Waals surface area contributed by atoms with Crippen molar-refractivity contribution in [3.8, 4) is 135 Å². The summed E-state index contributed by atoms with van der Waals surface area (Å²) >= 11 is 5.49. The summed E-state index contributed by atoms with van der Waals surface area (Å²) in [6.45, 7) is 0. The van der Waals surface area contributed by atoms with Gasteiger partial charge in [-0.25, -0.2) is 29.9 Å². The average molecular weight is 1650 g/mol. The maximum atomic E-state index is 5.24. The van der Waals surface area contributed by atoms with Crippen molar-refractivity contribution < 1.29 is 0 Å². The van der Waals surface area contributed by atoms with Gasteiger partial charge in [-0.15, -0.1) is 34.0 Å². The zero-order valence-electron chi connectivity index (χ0n) is 67.2. The number of nitrogens with zero attached hydrogens (tertiary/aromatic N) is 8. The summed E-state index contributed by atoms with van der Waals surface area (Å²) in [7, 11) is 0. The van der Waals surface area contributed by atoms with E-state index in [1.165, 1.54) is 121 Å². The molecule has 7 heterocycles. The molecule has 0 fully saturated rings. The number of hydrogen-bond donors (Lipinski definition) is 0. The molecule has 7 aromatic heterocycles. The molecule has 0 aliphatic heterocycles. The summed E-state index contributed by atoms with van der Waals surface area (Å²) in [6.07, 6.45) is 0. The molecule has 18 aromatic carbocycles. The highest BCUT2D eigenvalue weighted by molar-refractivity contribution is 7.26. The van der Waals surface area contributed by atoms with Crippen LogP contribution >= 0.6 is 34.0 Å². The number of thiophene rings is 3. The predicted octanol–water partition coefficient (Wildman–Crippen LogP) is 31.4. The molecule has 8 nitrogen and oxygen atoms in total. The molecule has 0 amide bonds. The van der Waals surface area contributed by atoms with E-state index in [9.17, 15) is 0 Å². The van der Waals surface area contributed by atoms with E-state index in [0.717, 1.165) is 83.6 Å². The highest BCUT2D eigenvalue weighted by atomic mass is 32.1. The minimum Gasteiger partial charge on any atom is -0.309 e. The lowest BCUT2D eigenvalue weighted by Crippen LogP contribution is -2.00. The van der Waals surface area contributed by atoms with Crippen molar-refractivity contribution in [1.29, 1.82) is 0 Å². The predicted molar refractivity (Wildman–Crippen MR) is 527 cm³/mol. The third-order valence-electron chi connectivity index (χ3n) is 24.1. The Bertz CT molecular complexity index is 8440. The third kappa shape index (κ3) is 13.2. The minimum absolute atomic E-state index is 0.636. The molecular formula is C114H70N8S3. The summed E-state index contributed by atoms with van der Waals surface area (Å²) in [5, 5.41) is 12.4. The first-order chi connectivity index (χ1) is 61.9. The van der Waals surface area contributed by atoms with Gasteiger partial charge in [0.25, 0.3) is 0 Å². The van der Waals surface area contributed by atoms with Crippen LogP contribution in [0.25, 0.3) is 239 Å². The van der Waals surface area contributed by atoms with Crippen molar-refractivity contribution >= 4 is 138 Å². The maximum Gasteiger partial charge on any atom is 0.164 e. The lowest BCUT2D eigenvalue weighted by atomic mass is 9.95. The van der Waals surface area contributed by atoms with Crippen molar-refractivity contribution in [2.45, 2.75) is 0 Å². The quantitative estimate of drug-likeness (QED) is 0.114. The first-order valence-corrected chi connectivity index (χ1v) is 44.4. The van der Waals surface area contributed by atoms with Crippen LogP contribution in [0.3, 0.4) is 0 Å². The Kier molecular flexibility index (Phi) is 18.0. The Morgan fingerprint density at radius 1 is 0.152 bits per heavy atom. The van der Waals surface area contributed by atoms with Gasteiger partial charge in [0.05, 0.1) is 22.1 Å². The molecular weight excluding hydrogens is 1580 g/mol. The normalized spacial score (nSPS) is 11.7. The van der Waals surface area contributed by atoms with Crippen molar-refractivity contribution in [3.05, 3.63) is 425 Å². The monoisotopic (exact) mass is 1650 g/mol. The molecule has 0 atom stereocenters. The fraction of sp³-hybridized carbons (Fsp3) is 0. The molecule has 0 saturated carbocycles. The van der Waals surface area contributed by atoms with Crippen LogP contribution in [0.15, 0.2) is 425 Å². The van der Waals surface area contributed by atoms with Crippen molar-refractivity contribution in [1.82, 2.24) is 39.0 Å². The van der Waals surface area contributed by atoms with Crippen LogP contribution in [0, 0.1) is 0 Å². The highest BCUT2D eigenvalue weighted by Crippen LogP contribution is 2.49. The van der Waals surface area contributed by atoms with Gasteiger partial charge in [0, 0.05) is 127 Å². The molecule has 0 bridgehead atoms. The first-order valence-electron chi connectivity index (χ1n) is 41.9. The molecule has 0 radical (unpaired) electrons.